The van der Waals surface area contributed by atoms with Gasteiger partial charge in [-0.2, -0.15) is 5.26 Å². The summed E-state index contributed by atoms with van der Waals surface area (Å²) in [7, 11) is 0. The number of benzene rings is 1. The molecule has 6 heteroatoms. The van der Waals surface area contributed by atoms with E-state index in [-0.39, 0.29) is 22.5 Å². The maximum absolute atomic E-state index is 11.2. The van der Waals surface area contributed by atoms with E-state index in [1.165, 1.54) is 17.8 Å². The van der Waals surface area contributed by atoms with E-state index in [2.05, 4.69) is 22.4 Å². The van der Waals surface area contributed by atoms with Crippen LogP contribution < -0.4 is 5.32 Å². The van der Waals surface area contributed by atoms with Crippen LogP contribution in [-0.2, 0) is 6.42 Å². The van der Waals surface area contributed by atoms with Gasteiger partial charge in [0, 0.05) is 12.7 Å². The normalized spacial score (nSPS) is 14.7. The van der Waals surface area contributed by atoms with Crippen LogP contribution in [0.3, 0.4) is 0 Å². The first kappa shape index (κ1) is 15.0. The average molecular weight is 308 g/mol. The molecule has 1 saturated carbocycles. The minimum absolute atomic E-state index is 0.0282. The number of hydrogen-bond acceptors (Lipinski definition) is 5. The van der Waals surface area contributed by atoms with Crippen LogP contribution >= 0.6 is 0 Å². The van der Waals surface area contributed by atoms with Gasteiger partial charge in [-0.1, -0.05) is 30.3 Å². The highest BCUT2D eigenvalue weighted by Gasteiger charge is 2.42. The van der Waals surface area contributed by atoms with Crippen molar-refractivity contribution in [1.29, 1.82) is 5.26 Å². The van der Waals surface area contributed by atoms with E-state index < -0.39 is 4.92 Å². The maximum atomic E-state index is 11.2. The number of aromatic nitrogens is 1. The van der Waals surface area contributed by atoms with Crippen LogP contribution in [0.1, 0.15) is 24.0 Å². The van der Waals surface area contributed by atoms with Gasteiger partial charge in [-0.3, -0.25) is 10.1 Å². The fourth-order valence-electron chi connectivity index (χ4n) is 2.75. The quantitative estimate of drug-likeness (QED) is 0.653. The zero-order chi connectivity index (χ0) is 16.3. The van der Waals surface area contributed by atoms with Crippen LogP contribution in [0.15, 0.2) is 42.6 Å². The fourth-order valence-corrected chi connectivity index (χ4v) is 2.75. The summed E-state index contributed by atoms with van der Waals surface area (Å²) in [4.78, 5) is 14.7. The third-order valence-electron chi connectivity index (χ3n) is 4.24. The lowest BCUT2D eigenvalue weighted by Gasteiger charge is -2.16. The van der Waals surface area contributed by atoms with E-state index in [4.69, 9.17) is 5.26 Å². The molecule has 0 saturated heterocycles. The summed E-state index contributed by atoms with van der Waals surface area (Å²) >= 11 is 0. The van der Waals surface area contributed by atoms with Crippen LogP contribution in [0.25, 0.3) is 0 Å². The van der Waals surface area contributed by atoms with Crippen LogP contribution in [0.2, 0.25) is 0 Å². The van der Waals surface area contributed by atoms with E-state index >= 15 is 0 Å². The van der Waals surface area contributed by atoms with Crippen LogP contribution in [0, 0.1) is 26.9 Å². The molecule has 1 aliphatic rings. The minimum Gasteiger partial charge on any atom is -0.364 e. The standard InChI is InChI=1S/C17H16N4O2/c18-11-14-6-9-19-16(15(14)21(22)23)20-12-17(7-8-17)10-13-4-2-1-3-5-13/h1-6,9H,7-8,10,12H2,(H,19,20). The molecule has 0 unspecified atom stereocenters. The number of nitriles is 1. The predicted molar refractivity (Wildman–Crippen MR) is 85.9 cm³/mol. The molecular formula is C17H16N4O2. The number of nitrogens with zero attached hydrogens (tertiary/aromatic N) is 3. The van der Waals surface area contributed by atoms with E-state index in [1.54, 1.807) is 0 Å². The first-order chi connectivity index (χ1) is 11.1. The van der Waals surface area contributed by atoms with Gasteiger partial charge < -0.3 is 5.32 Å². The Morgan fingerprint density at radius 1 is 1.30 bits per heavy atom. The predicted octanol–water partition coefficient (Wildman–Crippen LogP) is 3.30. The molecular weight excluding hydrogens is 292 g/mol. The maximum Gasteiger partial charge on any atom is 0.328 e. The summed E-state index contributed by atoms with van der Waals surface area (Å²) in [5.74, 6) is 0.174. The molecule has 1 aliphatic carbocycles. The van der Waals surface area contributed by atoms with Gasteiger partial charge in [0.15, 0.2) is 0 Å². The van der Waals surface area contributed by atoms with Crippen LogP contribution in [0.5, 0.6) is 0 Å². The number of nitro groups is 1. The van der Waals surface area contributed by atoms with Crippen molar-refractivity contribution in [3.8, 4) is 6.07 Å². The third-order valence-corrected chi connectivity index (χ3v) is 4.24. The second kappa shape index (κ2) is 6.05. The molecule has 1 aromatic heterocycles. The summed E-state index contributed by atoms with van der Waals surface area (Å²) < 4.78 is 0. The highest BCUT2D eigenvalue weighted by atomic mass is 16.6. The molecule has 1 aromatic carbocycles. The van der Waals surface area contributed by atoms with E-state index in [0.29, 0.717) is 6.54 Å². The molecule has 1 N–H and O–H groups in total. The zero-order valence-electron chi connectivity index (χ0n) is 12.5. The molecule has 1 heterocycles. The van der Waals surface area contributed by atoms with Gasteiger partial charge in [-0.25, -0.2) is 4.98 Å². The largest absolute Gasteiger partial charge is 0.364 e. The Labute approximate surface area is 133 Å². The van der Waals surface area contributed by atoms with Crippen molar-refractivity contribution >= 4 is 11.5 Å². The Balaban J connectivity index is 1.74. The van der Waals surface area contributed by atoms with Crippen molar-refractivity contribution < 1.29 is 4.92 Å². The average Bonchev–Trinajstić information content (AvgIpc) is 3.33. The van der Waals surface area contributed by atoms with Gasteiger partial charge in [0.05, 0.1) is 4.92 Å². The van der Waals surface area contributed by atoms with Crippen LogP contribution in [-0.4, -0.2) is 16.5 Å². The second-order valence-corrected chi connectivity index (χ2v) is 5.94. The van der Waals surface area contributed by atoms with Crippen LogP contribution in [0.4, 0.5) is 11.5 Å². The highest BCUT2D eigenvalue weighted by molar-refractivity contribution is 5.64. The number of anilines is 1. The summed E-state index contributed by atoms with van der Waals surface area (Å²) in [6.45, 7) is 0.616. The molecule has 0 atom stereocenters. The van der Waals surface area contributed by atoms with Crippen molar-refractivity contribution in [2.75, 3.05) is 11.9 Å². The Kier molecular flexibility index (Phi) is 3.94. The van der Waals surface area contributed by atoms with Gasteiger partial charge >= 0.3 is 5.69 Å². The molecule has 1 fully saturated rings. The Morgan fingerprint density at radius 2 is 2.04 bits per heavy atom. The fraction of sp³-hybridized carbons (Fsp3) is 0.294. The number of nitrogens with one attached hydrogen (secondary N) is 1. The monoisotopic (exact) mass is 308 g/mol. The first-order valence-corrected chi connectivity index (χ1v) is 7.45. The van der Waals surface area contributed by atoms with Gasteiger partial charge in [-0.15, -0.1) is 0 Å². The number of hydrogen-bond donors (Lipinski definition) is 1. The molecule has 23 heavy (non-hydrogen) atoms. The molecule has 0 radical (unpaired) electrons. The van der Waals surface area contributed by atoms with Gasteiger partial charge in [-0.05, 0) is 36.3 Å². The highest BCUT2D eigenvalue weighted by Crippen LogP contribution is 2.48. The lowest BCUT2D eigenvalue weighted by Crippen LogP contribution is -2.19. The molecule has 0 amide bonds. The zero-order valence-corrected chi connectivity index (χ0v) is 12.5. The molecule has 0 aliphatic heterocycles. The molecule has 3 rings (SSSR count). The van der Waals surface area contributed by atoms with Crippen molar-refractivity contribution in [3.63, 3.8) is 0 Å². The number of pyridine rings is 1. The summed E-state index contributed by atoms with van der Waals surface area (Å²) in [5.41, 5.74) is 1.17. The Hall–Kier alpha value is -2.94. The van der Waals surface area contributed by atoms with Crippen molar-refractivity contribution in [2.24, 2.45) is 5.41 Å². The van der Waals surface area contributed by atoms with Crippen molar-refractivity contribution in [1.82, 2.24) is 4.98 Å². The molecule has 0 bridgehead atoms. The van der Waals surface area contributed by atoms with Crippen molar-refractivity contribution in [3.05, 3.63) is 63.8 Å². The summed E-state index contributed by atoms with van der Waals surface area (Å²) in [5, 5.41) is 23.3. The minimum atomic E-state index is -0.551. The molecule has 0 spiro atoms. The topological polar surface area (TPSA) is 91.8 Å². The van der Waals surface area contributed by atoms with E-state index in [1.807, 2.05) is 24.3 Å². The Morgan fingerprint density at radius 3 is 2.65 bits per heavy atom. The SMILES string of the molecule is N#Cc1ccnc(NCC2(Cc3ccccc3)CC2)c1[N+](=O)[O-]. The smallest absolute Gasteiger partial charge is 0.328 e. The van der Waals surface area contributed by atoms with Gasteiger partial charge in [0.25, 0.3) is 0 Å². The molecule has 2 aromatic rings. The molecule has 6 nitrogen and oxygen atoms in total. The number of rotatable bonds is 6. The molecule has 116 valence electrons. The first-order valence-electron chi connectivity index (χ1n) is 7.45. The third kappa shape index (κ3) is 3.29. The van der Waals surface area contributed by atoms with Gasteiger partial charge in [0.2, 0.25) is 5.82 Å². The van der Waals surface area contributed by atoms with E-state index in [9.17, 15) is 10.1 Å². The lowest BCUT2D eigenvalue weighted by atomic mass is 9.96. The second-order valence-electron chi connectivity index (χ2n) is 5.94. The Bertz CT molecular complexity index is 764. The van der Waals surface area contributed by atoms with Crippen molar-refractivity contribution in [2.45, 2.75) is 19.3 Å². The van der Waals surface area contributed by atoms with Gasteiger partial charge in [0.1, 0.15) is 11.6 Å². The summed E-state index contributed by atoms with van der Waals surface area (Å²) in [6.07, 6.45) is 4.53. The van der Waals surface area contributed by atoms with E-state index in [0.717, 1.165) is 19.3 Å². The lowest BCUT2D eigenvalue weighted by molar-refractivity contribution is -0.384. The summed E-state index contributed by atoms with van der Waals surface area (Å²) in [6, 6.07) is 13.4.